The Balaban J connectivity index is 2.06. The molecule has 0 saturated carbocycles. The van der Waals surface area contributed by atoms with Gasteiger partial charge in [-0.3, -0.25) is 0 Å². The molecule has 2 aromatic rings. The van der Waals surface area contributed by atoms with Crippen LogP contribution in [0.2, 0.25) is 0 Å². The van der Waals surface area contributed by atoms with Crippen molar-refractivity contribution in [1.29, 1.82) is 0 Å². The van der Waals surface area contributed by atoms with Crippen LogP contribution in [0.5, 0.6) is 0 Å². The quantitative estimate of drug-likeness (QED) is 0.775. The van der Waals surface area contributed by atoms with Gasteiger partial charge < -0.3 is 11.1 Å². The van der Waals surface area contributed by atoms with E-state index in [4.69, 9.17) is 5.73 Å². The van der Waals surface area contributed by atoms with Gasteiger partial charge in [-0.2, -0.15) is 0 Å². The van der Waals surface area contributed by atoms with Gasteiger partial charge in [0.2, 0.25) is 0 Å². The van der Waals surface area contributed by atoms with Crippen molar-refractivity contribution < 1.29 is 4.39 Å². The van der Waals surface area contributed by atoms with Crippen LogP contribution in [0.3, 0.4) is 0 Å². The second-order valence-corrected chi connectivity index (χ2v) is 4.66. The van der Waals surface area contributed by atoms with E-state index in [-0.39, 0.29) is 5.82 Å². The third-order valence-electron chi connectivity index (χ3n) is 3.07. The lowest BCUT2D eigenvalue weighted by atomic mass is 10.1. The van der Waals surface area contributed by atoms with Crippen LogP contribution in [-0.4, -0.2) is 0 Å². The van der Waals surface area contributed by atoms with Crippen LogP contribution in [-0.2, 0) is 6.42 Å². The maximum absolute atomic E-state index is 12.9. The molecule has 0 amide bonds. The molecule has 0 bridgehead atoms. The number of hydrogen-bond acceptors (Lipinski definition) is 2. The molecule has 0 radical (unpaired) electrons. The molecule has 2 rings (SSSR count). The predicted molar refractivity (Wildman–Crippen MR) is 79.1 cm³/mol. The Morgan fingerprint density at radius 2 is 1.84 bits per heavy atom. The first-order chi connectivity index (χ1) is 9.19. The van der Waals surface area contributed by atoms with Crippen molar-refractivity contribution >= 4 is 17.1 Å². The normalized spacial score (nSPS) is 10.4. The number of nitrogen functional groups attached to an aromatic ring is 1. The number of nitrogens with two attached hydrogens (primary N) is 1. The molecule has 0 atom stereocenters. The molecule has 2 aromatic carbocycles. The topological polar surface area (TPSA) is 38.0 Å². The maximum Gasteiger partial charge on any atom is 0.125 e. The zero-order valence-corrected chi connectivity index (χ0v) is 11.1. The molecule has 0 fully saturated rings. The van der Waals surface area contributed by atoms with Gasteiger partial charge in [-0.1, -0.05) is 25.5 Å². The number of hydrogen-bond donors (Lipinski definition) is 2. The number of benzene rings is 2. The Morgan fingerprint density at radius 3 is 2.47 bits per heavy atom. The van der Waals surface area contributed by atoms with Crippen molar-refractivity contribution in [3.63, 3.8) is 0 Å². The lowest BCUT2D eigenvalue weighted by Crippen LogP contribution is -1.97. The molecular formula is C16H19FN2. The van der Waals surface area contributed by atoms with E-state index in [1.807, 2.05) is 12.1 Å². The van der Waals surface area contributed by atoms with Crippen LogP contribution >= 0.6 is 0 Å². The van der Waals surface area contributed by atoms with E-state index in [1.54, 1.807) is 6.07 Å². The smallest absolute Gasteiger partial charge is 0.125 e. The predicted octanol–water partition coefficient (Wildman–Crippen LogP) is 4.49. The lowest BCUT2D eigenvalue weighted by molar-refractivity contribution is 0.628. The molecule has 0 saturated heterocycles. The van der Waals surface area contributed by atoms with Crippen LogP contribution < -0.4 is 11.1 Å². The molecule has 3 heteroatoms. The number of anilines is 3. The number of unbranched alkanes of at least 4 members (excludes halogenated alkanes) is 1. The minimum atomic E-state index is -0.321. The van der Waals surface area contributed by atoms with Crippen molar-refractivity contribution in [2.75, 3.05) is 11.1 Å². The Morgan fingerprint density at radius 1 is 1.11 bits per heavy atom. The molecule has 3 N–H and O–H groups in total. The molecule has 2 nitrogen and oxygen atoms in total. The highest BCUT2D eigenvalue weighted by atomic mass is 19.1. The largest absolute Gasteiger partial charge is 0.397 e. The number of aryl methyl sites for hydroxylation is 1. The summed E-state index contributed by atoms with van der Waals surface area (Å²) in [6, 6.07) is 12.6. The van der Waals surface area contributed by atoms with Gasteiger partial charge in [0.25, 0.3) is 0 Å². The van der Waals surface area contributed by atoms with Crippen molar-refractivity contribution in [3.8, 4) is 0 Å². The number of halogens is 1. The van der Waals surface area contributed by atoms with Gasteiger partial charge in [-0.25, -0.2) is 4.39 Å². The van der Waals surface area contributed by atoms with Gasteiger partial charge in [0, 0.05) is 5.69 Å². The Kier molecular flexibility index (Phi) is 4.39. The molecule has 0 spiro atoms. The van der Waals surface area contributed by atoms with Crippen molar-refractivity contribution in [2.45, 2.75) is 26.2 Å². The van der Waals surface area contributed by atoms with Crippen LogP contribution in [0.1, 0.15) is 25.3 Å². The van der Waals surface area contributed by atoms with Gasteiger partial charge in [-0.05, 0) is 48.7 Å². The van der Waals surface area contributed by atoms with Crippen LogP contribution in [0.15, 0.2) is 42.5 Å². The average Bonchev–Trinajstić information content (AvgIpc) is 2.41. The highest BCUT2D eigenvalue weighted by Crippen LogP contribution is 2.24. The third kappa shape index (κ3) is 3.71. The maximum atomic E-state index is 12.9. The van der Waals surface area contributed by atoms with Crippen molar-refractivity contribution in [3.05, 3.63) is 53.8 Å². The molecule has 0 aliphatic rings. The van der Waals surface area contributed by atoms with Crippen molar-refractivity contribution in [1.82, 2.24) is 0 Å². The highest BCUT2D eigenvalue weighted by Gasteiger charge is 2.01. The zero-order chi connectivity index (χ0) is 13.7. The summed E-state index contributed by atoms with van der Waals surface area (Å²) >= 11 is 0. The van der Waals surface area contributed by atoms with E-state index in [1.165, 1.54) is 30.5 Å². The Labute approximate surface area is 113 Å². The Bertz CT molecular complexity index is 535. The molecule has 100 valence electrons. The summed E-state index contributed by atoms with van der Waals surface area (Å²) in [5.41, 5.74) is 9.19. The first kappa shape index (κ1) is 13.4. The third-order valence-corrected chi connectivity index (χ3v) is 3.07. The molecular weight excluding hydrogens is 239 g/mol. The fourth-order valence-corrected chi connectivity index (χ4v) is 1.94. The van der Waals surface area contributed by atoms with Crippen molar-refractivity contribution in [2.24, 2.45) is 0 Å². The van der Waals surface area contributed by atoms with E-state index in [0.29, 0.717) is 5.69 Å². The van der Waals surface area contributed by atoms with Gasteiger partial charge in [-0.15, -0.1) is 0 Å². The number of nitrogens with one attached hydrogen (secondary N) is 1. The fraction of sp³-hybridized carbons (Fsp3) is 0.250. The average molecular weight is 258 g/mol. The molecule has 0 aromatic heterocycles. The second-order valence-electron chi connectivity index (χ2n) is 4.66. The van der Waals surface area contributed by atoms with Gasteiger partial charge in [0.1, 0.15) is 5.82 Å². The van der Waals surface area contributed by atoms with E-state index in [0.717, 1.165) is 17.8 Å². The van der Waals surface area contributed by atoms with E-state index >= 15 is 0 Å². The van der Waals surface area contributed by atoms with Gasteiger partial charge in [0.15, 0.2) is 0 Å². The second kappa shape index (κ2) is 6.23. The fourth-order valence-electron chi connectivity index (χ4n) is 1.94. The van der Waals surface area contributed by atoms with Gasteiger partial charge in [0.05, 0.1) is 11.4 Å². The monoisotopic (exact) mass is 258 g/mol. The molecule has 19 heavy (non-hydrogen) atoms. The first-order valence-corrected chi connectivity index (χ1v) is 6.60. The summed E-state index contributed by atoms with van der Waals surface area (Å²) in [5, 5.41) is 3.19. The molecule has 0 unspecified atom stereocenters. The van der Waals surface area contributed by atoms with E-state index in [9.17, 15) is 4.39 Å². The number of rotatable bonds is 5. The molecule has 0 heterocycles. The van der Waals surface area contributed by atoms with Crippen LogP contribution in [0.4, 0.5) is 21.5 Å². The highest BCUT2D eigenvalue weighted by molar-refractivity contribution is 5.72. The summed E-state index contributed by atoms with van der Waals surface area (Å²) in [6.07, 6.45) is 3.51. The standard InChI is InChI=1S/C16H19FN2/c1-2-3-4-12-5-8-14(9-6-12)19-16-10-7-13(17)11-15(16)18/h5-11,19H,2-4,18H2,1H3. The minimum absolute atomic E-state index is 0.321. The van der Waals surface area contributed by atoms with Crippen LogP contribution in [0.25, 0.3) is 0 Å². The zero-order valence-electron chi connectivity index (χ0n) is 11.1. The van der Waals surface area contributed by atoms with E-state index < -0.39 is 0 Å². The SMILES string of the molecule is CCCCc1ccc(Nc2ccc(F)cc2N)cc1. The summed E-state index contributed by atoms with van der Waals surface area (Å²) in [4.78, 5) is 0. The van der Waals surface area contributed by atoms with Crippen LogP contribution in [0, 0.1) is 5.82 Å². The minimum Gasteiger partial charge on any atom is -0.397 e. The first-order valence-electron chi connectivity index (χ1n) is 6.60. The summed E-state index contributed by atoms with van der Waals surface area (Å²) in [6.45, 7) is 2.19. The summed E-state index contributed by atoms with van der Waals surface area (Å²) in [7, 11) is 0. The molecule has 0 aliphatic heterocycles. The summed E-state index contributed by atoms with van der Waals surface area (Å²) < 4.78 is 12.9. The molecule has 0 aliphatic carbocycles. The lowest BCUT2D eigenvalue weighted by Gasteiger charge is -2.10. The summed E-state index contributed by atoms with van der Waals surface area (Å²) in [5.74, 6) is -0.321. The van der Waals surface area contributed by atoms with E-state index in [2.05, 4.69) is 24.4 Å². The van der Waals surface area contributed by atoms with Gasteiger partial charge >= 0.3 is 0 Å². The Hall–Kier alpha value is -2.03.